The third kappa shape index (κ3) is 3.75. The van der Waals surface area contributed by atoms with Gasteiger partial charge in [-0.15, -0.1) is 0 Å². The summed E-state index contributed by atoms with van der Waals surface area (Å²) in [5.41, 5.74) is 2.70. The Hall–Kier alpha value is -1.79. The maximum atomic E-state index is 11.6. The molecule has 1 aromatic heterocycles. The number of aromatic nitrogens is 1. The quantitative estimate of drug-likeness (QED) is 0.488. The monoisotopic (exact) mass is 411 g/mol. The van der Waals surface area contributed by atoms with E-state index in [0.717, 1.165) is 11.8 Å². The van der Waals surface area contributed by atoms with Crippen LogP contribution in [0.25, 0.3) is 22.4 Å². The molecule has 0 N–H and O–H groups in total. The molecule has 0 aliphatic heterocycles. The number of nitrogens with zero attached hydrogens (tertiary/aromatic N) is 1. The maximum absolute atomic E-state index is 11.6. The predicted octanol–water partition coefficient (Wildman–Crippen LogP) is 3.25. The number of hydrogen-bond acceptors (Lipinski definition) is 4. The van der Waals surface area contributed by atoms with Crippen molar-refractivity contribution in [3.8, 4) is 22.4 Å². The lowest BCUT2D eigenvalue weighted by atomic mass is 9.67. The number of sulfone groups is 1. The molecule has 0 fully saturated rings. The van der Waals surface area contributed by atoms with E-state index in [2.05, 4.69) is 21.1 Å². The topological polar surface area (TPSA) is 60.2 Å². The Bertz CT molecular complexity index is 995. The number of benzene rings is 2. The molecule has 0 unspecified atom stereocenters. The zero-order chi connectivity index (χ0) is 18.2. The highest BCUT2D eigenvalue weighted by molar-refractivity contribution is 9.10. The fourth-order valence-electron chi connectivity index (χ4n) is 2.48. The van der Waals surface area contributed by atoms with Gasteiger partial charge in [0, 0.05) is 15.9 Å². The Morgan fingerprint density at radius 3 is 2.12 bits per heavy atom. The molecule has 0 amide bonds. The van der Waals surface area contributed by atoms with Crippen molar-refractivity contribution in [2.24, 2.45) is 0 Å². The summed E-state index contributed by atoms with van der Waals surface area (Å²) in [6.07, 6.45) is 1.16. The third-order valence-electron chi connectivity index (χ3n) is 3.66. The third-order valence-corrected chi connectivity index (χ3v) is 5.15. The van der Waals surface area contributed by atoms with E-state index in [4.69, 9.17) is 20.2 Å². The molecule has 1 heterocycles. The van der Waals surface area contributed by atoms with Gasteiger partial charge in [-0.1, -0.05) is 63.6 Å². The Kier molecular flexibility index (Phi) is 4.68. The van der Waals surface area contributed by atoms with E-state index < -0.39 is 14.0 Å². The van der Waals surface area contributed by atoms with Crippen molar-refractivity contribution >= 4 is 41.5 Å². The summed E-state index contributed by atoms with van der Waals surface area (Å²) in [7, 11) is 8.62. The van der Waals surface area contributed by atoms with E-state index in [1.54, 1.807) is 12.1 Å². The van der Waals surface area contributed by atoms with Crippen molar-refractivity contribution < 1.29 is 12.9 Å². The molecule has 0 saturated heterocycles. The molecule has 4 radical (unpaired) electrons. The molecule has 3 rings (SSSR count). The number of alkyl halides is 1. The van der Waals surface area contributed by atoms with Crippen LogP contribution >= 0.6 is 15.9 Å². The van der Waals surface area contributed by atoms with Crippen molar-refractivity contribution in [1.82, 2.24) is 5.16 Å². The van der Waals surface area contributed by atoms with Crippen LogP contribution in [0.5, 0.6) is 0 Å². The van der Waals surface area contributed by atoms with Crippen molar-refractivity contribution in [2.45, 2.75) is 9.02 Å². The van der Waals surface area contributed by atoms with Crippen LogP contribution in [0.1, 0.15) is 5.76 Å². The Morgan fingerprint density at radius 2 is 1.60 bits per heavy atom. The lowest BCUT2D eigenvalue weighted by Crippen LogP contribution is -2.17. The second kappa shape index (κ2) is 6.50. The van der Waals surface area contributed by atoms with E-state index in [0.29, 0.717) is 16.8 Å². The highest BCUT2D eigenvalue weighted by atomic mass is 79.9. The predicted molar refractivity (Wildman–Crippen MR) is 103 cm³/mol. The van der Waals surface area contributed by atoms with Gasteiger partial charge in [-0.3, -0.25) is 0 Å². The summed E-state index contributed by atoms with van der Waals surface area (Å²) in [5, 5.41) is 4.11. The zero-order valence-electron chi connectivity index (χ0n) is 13.3. The maximum Gasteiger partial charge on any atom is 0.175 e. The van der Waals surface area contributed by atoms with Crippen LogP contribution in [0.4, 0.5) is 0 Å². The smallest absolute Gasteiger partial charge is 0.175 e. The SMILES string of the molecule is [B]C([B])(Br)c1onc(-c2ccc(S(C)(=O)=O)cc2)c1-c1ccccc1. The van der Waals surface area contributed by atoms with Gasteiger partial charge in [-0.05, 0) is 17.7 Å². The zero-order valence-corrected chi connectivity index (χ0v) is 15.7. The standard InChI is InChI=1S/C17H12B2BrNO3S/c1-25(22,23)13-9-7-12(8-10-13)15-14(11-5-3-2-4-6-11)16(24-21-15)17(18,19)20/h2-10H,1H3. The van der Waals surface area contributed by atoms with Gasteiger partial charge in [0.25, 0.3) is 0 Å². The molecule has 0 aliphatic rings. The fourth-order valence-corrected chi connectivity index (χ4v) is 3.38. The molecule has 0 saturated carbocycles. The van der Waals surface area contributed by atoms with Gasteiger partial charge in [0.05, 0.1) is 26.2 Å². The molecule has 4 nitrogen and oxygen atoms in total. The second-order valence-corrected chi connectivity index (χ2v) is 8.99. The first-order chi connectivity index (χ1) is 11.7. The first-order valence-electron chi connectivity index (χ1n) is 7.30. The average Bonchev–Trinajstić information content (AvgIpc) is 3.00. The van der Waals surface area contributed by atoms with Crippen molar-refractivity contribution in [3.63, 3.8) is 0 Å². The van der Waals surface area contributed by atoms with Crippen LogP contribution in [0.3, 0.4) is 0 Å². The minimum absolute atomic E-state index is 0.230. The Balaban J connectivity index is 2.19. The van der Waals surface area contributed by atoms with Crippen LogP contribution in [0, 0.1) is 0 Å². The van der Waals surface area contributed by atoms with Crippen LogP contribution in [0.15, 0.2) is 64.0 Å². The molecular formula is C17H12B2BrNO3S. The number of halogens is 1. The Morgan fingerprint density at radius 1 is 1.00 bits per heavy atom. The van der Waals surface area contributed by atoms with Gasteiger partial charge in [-0.25, -0.2) is 8.42 Å². The van der Waals surface area contributed by atoms with Gasteiger partial charge < -0.3 is 4.52 Å². The van der Waals surface area contributed by atoms with Gasteiger partial charge in [-0.2, -0.15) is 0 Å². The molecule has 25 heavy (non-hydrogen) atoms. The minimum atomic E-state index is -3.27. The first-order valence-corrected chi connectivity index (χ1v) is 9.99. The van der Waals surface area contributed by atoms with Crippen molar-refractivity contribution in [3.05, 3.63) is 60.4 Å². The van der Waals surface area contributed by atoms with Gasteiger partial charge in [0.2, 0.25) is 0 Å². The molecule has 0 atom stereocenters. The summed E-state index contributed by atoms with van der Waals surface area (Å²) < 4.78 is 27.3. The molecule has 0 spiro atoms. The summed E-state index contributed by atoms with van der Waals surface area (Å²) in [5.74, 6) is 0.279. The van der Waals surface area contributed by atoms with Gasteiger partial charge in [0.15, 0.2) is 9.84 Å². The van der Waals surface area contributed by atoms with E-state index in [1.165, 1.54) is 12.1 Å². The molecule has 8 heteroatoms. The van der Waals surface area contributed by atoms with E-state index in [9.17, 15) is 8.42 Å². The summed E-state index contributed by atoms with van der Waals surface area (Å²) in [6.45, 7) is 0. The fraction of sp³-hybridized carbons (Fsp3) is 0.118. The van der Waals surface area contributed by atoms with Gasteiger partial charge >= 0.3 is 0 Å². The highest BCUT2D eigenvalue weighted by Gasteiger charge is 2.28. The average molecular weight is 412 g/mol. The van der Waals surface area contributed by atoms with Crippen LogP contribution in [-0.4, -0.2) is 35.5 Å². The normalized spacial score (nSPS) is 12.2. The Labute approximate surface area is 157 Å². The summed E-state index contributed by atoms with van der Waals surface area (Å²) in [6, 6.07) is 15.8. The molecule has 122 valence electrons. The number of rotatable bonds is 4. The molecule has 0 bridgehead atoms. The van der Waals surface area contributed by atoms with Crippen molar-refractivity contribution in [1.29, 1.82) is 0 Å². The number of hydrogen-bond donors (Lipinski definition) is 0. The lowest BCUT2D eigenvalue weighted by molar-refractivity contribution is 0.391. The molecule has 0 aliphatic carbocycles. The molecule has 3 aromatic rings. The van der Waals surface area contributed by atoms with Crippen molar-refractivity contribution in [2.75, 3.05) is 6.26 Å². The van der Waals surface area contributed by atoms with E-state index in [1.807, 2.05) is 30.3 Å². The largest absolute Gasteiger partial charge is 0.360 e. The minimum Gasteiger partial charge on any atom is -0.360 e. The molecular weight excluding hydrogens is 400 g/mol. The summed E-state index contributed by atoms with van der Waals surface area (Å²) in [4.78, 5) is 0.230. The lowest BCUT2D eigenvalue weighted by Gasteiger charge is -2.15. The highest BCUT2D eigenvalue weighted by Crippen LogP contribution is 2.40. The van der Waals surface area contributed by atoms with E-state index in [-0.39, 0.29) is 10.7 Å². The van der Waals surface area contributed by atoms with E-state index >= 15 is 0 Å². The van der Waals surface area contributed by atoms with Gasteiger partial charge in [0.1, 0.15) is 11.5 Å². The first kappa shape index (κ1) is 18.0. The van der Waals surface area contributed by atoms with Crippen LogP contribution < -0.4 is 0 Å². The second-order valence-electron chi connectivity index (χ2n) is 5.67. The van der Waals surface area contributed by atoms with Crippen LogP contribution in [0.2, 0.25) is 0 Å². The summed E-state index contributed by atoms with van der Waals surface area (Å²) >= 11 is 3.20. The molecule has 2 aromatic carbocycles. The van der Waals surface area contributed by atoms with Crippen LogP contribution in [-0.2, 0) is 14.0 Å².